The molecule has 4 aromatic rings. The number of fused-ring (bicyclic) bond motifs is 1. The molecular formula is C24H18NO5-. The largest absolute Gasteiger partial charge is 0.545 e. The van der Waals surface area contributed by atoms with Gasteiger partial charge in [0, 0.05) is 17.0 Å². The van der Waals surface area contributed by atoms with Crippen LogP contribution in [0.3, 0.4) is 0 Å². The van der Waals surface area contributed by atoms with Crippen LogP contribution in [-0.2, 0) is 0 Å². The fraction of sp³-hybridized carbons (Fsp3) is 0.0833. The summed E-state index contributed by atoms with van der Waals surface area (Å²) < 4.78 is 16.8. The molecule has 0 aliphatic rings. The van der Waals surface area contributed by atoms with Crippen molar-refractivity contribution in [1.82, 2.24) is 0 Å². The van der Waals surface area contributed by atoms with Crippen LogP contribution in [0.5, 0.6) is 11.5 Å². The number of aromatic carboxylic acids is 1. The lowest BCUT2D eigenvalue weighted by Gasteiger charge is -2.10. The molecule has 4 rings (SSSR count). The van der Waals surface area contributed by atoms with Crippen molar-refractivity contribution in [3.05, 3.63) is 83.7 Å². The summed E-state index contributed by atoms with van der Waals surface area (Å²) in [5.41, 5.74) is 2.02. The minimum atomic E-state index is -1.24. The second kappa shape index (κ2) is 8.13. The van der Waals surface area contributed by atoms with Gasteiger partial charge in [-0.1, -0.05) is 24.3 Å². The van der Waals surface area contributed by atoms with Crippen LogP contribution in [0.4, 0.5) is 5.69 Å². The van der Waals surface area contributed by atoms with Crippen LogP contribution in [0, 0.1) is 0 Å². The molecule has 0 saturated carbocycles. The Balaban J connectivity index is 1.93. The predicted octanol–water partition coefficient (Wildman–Crippen LogP) is 3.71. The molecule has 0 radical (unpaired) electrons. The third kappa shape index (κ3) is 3.75. The number of carbonyl (C=O) groups is 1. The van der Waals surface area contributed by atoms with E-state index in [4.69, 9.17) is 13.9 Å². The van der Waals surface area contributed by atoms with Gasteiger partial charge in [-0.15, -0.1) is 0 Å². The van der Waals surface area contributed by atoms with Gasteiger partial charge in [-0.2, -0.15) is 0 Å². The van der Waals surface area contributed by atoms with Gasteiger partial charge in [0.05, 0.1) is 31.2 Å². The van der Waals surface area contributed by atoms with Gasteiger partial charge in [0.1, 0.15) is 11.3 Å². The van der Waals surface area contributed by atoms with E-state index >= 15 is 0 Å². The summed E-state index contributed by atoms with van der Waals surface area (Å²) in [7, 11) is 3.15. The van der Waals surface area contributed by atoms with Crippen LogP contribution in [0.2, 0.25) is 0 Å². The molecule has 0 N–H and O–H groups in total. The van der Waals surface area contributed by atoms with Crippen LogP contribution < -0.4 is 19.9 Å². The molecule has 0 unspecified atom stereocenters. The highest BCUT2D eigenvalue weighted by Crippen LogP contribution is 2.32. The molecule has 6 nitrogen and oxygen atoms in total. The minimum Gasteiger partial charge on any atom is -0.545 e. The summed E-state index contributed by atoms with van der Waals surface area (Å²) in [6.45, 7) is 0. The zero-order valence-corrected chi connectivity index (χ0v) is 16.4. The molecule has 0 atom stereocenters. The number of nitrogens with zero attached hydrogens (tertiary/aromatic N) is 1. The van der Waals surface area contributed by atoms with E-state index in [-0.39, 0.29) is 5.56 Å². The Morgan fingerprint density at radius 1 is 0.900 bits per heavy atom. The van der Waals surface area contributed by atoms with Crippen molar-refractivity contribution < 1.29 is 23.8 Å². The zero-order valence-electron chi connectivity index (χ0n) is 16.4. The number of para-hydroxylation sites is 1. The van der Waals surface area contributed by atoms with E-state index in [1.165, 1.54) is 12.1 Å². The Morgan fingerprint density at radius 3 is 2.47 bits per heavy atom. The lowest BCUT2D eigenvalue weighted by molar-refractivity contribution is -0.255. The van der Waals surface area contributed by atoms with Gasteiger partial charge in [-0.05, 0) is 48.0 Å². The van der Waals surface area contributed by atoms with Crippen molar-refractivity contribution in [1.29, 1.82) is 0 Å². The number of carboxylic acid groups (broad SMARTS) is 1. The Morgan fingerprint density at radius 2 is 1.70 bits per heavy atom. The van der Waals surface area contributed by atoms with Crippen LogP contribution in [0.1, 0.15) is 10.4 Å². The van der Waals surface area contributed by atoms with Crippen LogP contribution in [-0.4, -0.2) is 20.2 Å². The van der Waals surface area contributed by atoms with Crippen molar-refractivity contribution in [3.63, 3.8) is 0 Å². The number of ether oxygens (including phenoxy) is 2. The van der Waals surface area contributed by atoms with E-state index in [0.29, 0.717) is 33.9 Å². The molecule has 30 heavy (non-hydrogen) atoms. The van der Waals surface area contributed by atoms with Crippen molar-refractivity contribution >= 4 is 22.6 Å². The van der Waals surface area contributed by atoms with Crippen LogP contribution >= 0.6 is 0 Å². The van der Waals surface area contributed by atoms with E-state index < -0.39 is 5.97 Å². The molecule has 0 aliphatic heterocycles. The summed E-state index contributed by atoms with van der Waals surface area (Å²) in [4.78, 5) is 15.8. The summed E-state index contributed by atoms with van der Waals surface area (Å²) >= 11 is 0. The molecule has 6 heteroatoms. The fourth-order valence-electron chi connectivity index (χ4n) is 3.18. The maximum Gasteiger partial charge on any atom is 0.161 e. The first-order chi connectivity index (χ1) is 14.6. The zero-order chi connectivity index (χ0) is 21.1. The monoisotopic (exact) mass is 400 g/mol. The topological polar surface area (TPSA) is 84.1 Å². The Hall–Kier alpha value is -4.06. The van der Waals surface area contributed by atoms with Gasteiger partial charge in [0.2, 0.25) is 0 Å². The third-order valence-corrected chi connectivity index (χ3v) is 4.65. The van der Waals surface area contributed by atoms with Crippen LogP contribution in [0.25, 0.3) is 22.3 Å². The molecule has 150 valence electrons. The smallest absolute Gasteiger partial charge is 0.161 e. The van der Waals surface area contributed by atoms with Crippen molar-refractivity contribution in [2.45, 2.75) is 0 Å². The lowest BCUT2D eigenvalue weighted by atomic mass is 10.1. The summed E-state index contributed by atoms with van der Waals surface area (Å²) in [5.74, 6) is 0.542. The first kappa shape index (κ1) is 19.3. The molecule has 0 bridgehead atoms. The van der Waals surface area contributed by atoms with E-state index in [9.17, 15) is 9.90 Å². The van der Waals surface area contributed by atoms with Gasteiger partial charge in [-0.25, -0.2) is 4.99 Å². The quantitative estimate of drug-likeness (QED) is 0.510. The average Bonchev–Trinajstić information content (AvgIpc) is 2.78. The van der Waals surface area contributed by atoms with Gasteiger partial charge >= 0.3 is 0 Å². The number of rotatable bonds is 5. The fourth-order valence-corrected chi connectivity index (χ4v) is 3.18. The SMILES string of the molecule is COc1ccc(-c2cc(=Nc3cccc(C(=O)[O-])c3)c3ccccc3o2)cc1OC. The van der Waals surface area contributed by atoms with Gasteiger partial charge in [0.25, 0.3) is 0 Å². The summed E-state index contributed by atoms with van der Waals surface area (Å²) in [6.07, 6.45) is 0. The number of carboxylic acids is 1. The highest BCUT2D eigenvalue weighted by atomic mass is 16.5. The Labute approximate surface area is 172 Å². The molecule has 0 saturated heterocycles. The first-order valence-electron chi connectivity index (χ1n) is 9.20. The standard InChI is InChI=1S/C24H19NO5/c1-28-21-11-10-15(13-23(21)29-2)22-14-19(18-8-3-4-9-20(18)30-22)25-17-7-5-6-16(12-17)24(26)27/h3-14H,1-2H3,(H,26,27)/p-1. The summed E-state index contributed by atoms with van der Waals surface area (Å²) in [6, 6.07) is 21.2. The number of hydrogen-bond donors (Lipinski definition) is 0. The predicted molar refractivity (Wildman–Crippen MR) is 111 cm³/mol. The second-order valence-corrected chi connectivity index (χ2v) is 6.51. The van der Waals surface area contributed by atoms with E-state index in [1.54, 1.807) is 32.4 Å². The van der Waals surface area contributed by atoms with E-state index in [2.05, 4.69) is 4.99 Å². The van der Waals surface area contributed by atoms with Gasteiger partial charge in [-0.3, -0.25) is 0 Å². The van der Waals surface area contributed by atoms with Crippen molar-refractivity contribution in [3.8, 4) is 22.8 Å². The normalized spacial score (nSPS) is 11.5. The summed E-state index contributed by atoms with van der Waals surface area (Å²) in [5, 5.41) is 12.6. The molecule has 0 spiro atoms. The maximum absolute atomic E-state index is 11.2. The van der Waals surface area contributed by atoms with Crippen molar-refractivity contribution in [2.24, 2.45) is 4.99 Å². The van der Waals surface area contributed by atoms with Gasteiger partial charge < -0.3 is 23.8 Å². The highest BCUT2D eigenvalue weighted by molar-refractivity contribution is 5.87. The molecule has 0 aliphatic carbocycles. The molecule has 1 aromatic heterocycles. The van der Waals surface area contributed by atoms with Crippen LogP contribution in [0.15, 0.2) is 82.2 Å². The number of carbonyl (C=O) groups excluding carboxylic acids is 1. The molecule has 1 heterocycles. The van der Waals surface area contributed by atoms with Crippen molar-refractivity contribution in [2.75, 3.05) is 14.2 Å². The van der Waals surface area contributed by atoms with E-state index in [1.807, 2.05) is 42.5 Å². The Bertz CT molecular complexity index is 1310. The Kier molecular flexibility index (Phi) is 5.22. The van der Waals surface area contributed by atoms with Gasteiger partial charge in [0.15, 0.2) is 11.5 Å². The molecule has 0 fully saturated rings. The molecular weight excluding hydrogens is 382 g/mol. The number of benzene rings is 3. The van der Waals surface area contributed by atoms with E-state index in [0.717, 1.165) is 10.9 Å². The molecule has 0 amide bonds. The molecule has 3 aromatic carbocycles. The third-order valence-electron chi connectivity index (χ3n) is 4.65. The lowest BCUT2D eigenvalue weighted by Crippen LogP contribution is -2.21. The minimum absolute atomic E-state index is 0.0706. The second-order valence-electron chi connectivity index (χ2n) is 6.51. The average molecular weight is 400 g/mol. The number of methoxy groups -OCH3 is 2. The maximum atomic E-state index is 11.2. The number of hydrogen-bond acceptors (Lipinski definition) is 6. The highest BCUT2D eigenvalue weighted by Gasteiger charge is 2.10. The first-order valence-corrected chi connectivity index (χ1v) is 9.20.